The van der Waals surface area contributed by atoms with E-state index < -0.39 is 0 Å². The maximum absolute atomic E-state index is 6.00. The number of hydrogen-bond donors (Lipinski definition) is 0. The predicted octanol–water partition coefficient (Wildman–Crippen LogP) is 5.29. The summed E-state index contributed by atoms with van der Waals surface area (Å²) in [6.45, 7) is 8.19. The summed E-state index contributed by atoms with van der Waals surface area (Å²) >= 11 is 0. The average Bonchev–Trinajstić information content (AvgIpc) is 3.37. The molecule has 25 heavy (non-hydrogen) atoms. The maximum Gasteiger partial charge on any atom is 0.119 e. The fourth-order valence-corrected chi connectivity index (χ4v) is 3.29. The Bertz CT molecular complexity index is 867. The first kappa shape index (κ1) is 16.2. The lowest BCUT2D eigenvalue weighted by atomic mass is 9.87. The van der Waals surface area contributed by atoms with Crippen molar-refractivity contribution in [1.29, 1.82) is 0 Å². The third-order valence-electron chi connectivity index (χ3n) is 4.93. The summed E-state index contributed by atoms with van der Waals surface area (Å²) in [5.41, 5.74) is 3.82. The van der Waals surface area contributed by atoms with Crippen LogP contribution in [0.5, 0.6) is 5.75 Å². The molecule has 130 valence electrons. The Hall–Kier alpha value is -2.29. The van der Waals surface area contributed by atoms with Crippen LogP contribution in [0.4, 0.5) is 0 Å². The number of hydrogen-bond acceptors (Lipinski definition) is 2. The molecule has 0 atom stereocenters. The Kier molecular flexibility index (Phi) is 4.03. The largest absolute Gasteiger partial charge is 0.492 e. The van der Waals surface area contributed by atoms with Crippen LogP contribution in [0.1, 0.15) is 50.9 Å². The van der Waals surface area contributed by atoms with Gasteiger partial charge in [0.2, 0.25) is 0 Å². The molecule has 1 aliphatic rings. The molecule has 2 aromatic carbocycles. The molecule has 4 rings (SSSR count). The number of imidazole rings is 1. The van der Waals surface area contributed by atoms with Crippen LogP contribution in [0.2, 0.25) is 0 Å². The van der Waals surface area contributed by atoms with Crippen LogP contribution in [-0.4, -0.2) is 16.2 Å². The Labute approximate surface area is 149 Å². The van der Waals surface area contributed by atoms with Gasteiger partial charge in [-0.05, 0) is 48.1 Å². The Morgan fingerprint density at radius 2 is 1.76 bits per heavy atom. The minimum absolute atomic E-state index is 0.174. The molecule has 3 nitrogen and oxygen atoms in total. The number of para-hydroxylation sites is 2. The summed E-state index contributed by atoms with van der Waals surface area (Å²) in [6.07, 6.45) is 2.52. The van der Waals surface area contributed by atoms with E-state index >= 15 is 0 Å². The van der Waals surface area contributed by atoms with E-state index in [0.29, 0.717) is 12.5 Å². The van der Waals surface area contributed by atoms with Crippen molar-refractivity contribution in [3.63, 3.8) is 0 Å². The van der Waals surface area contributed by atoms with Gasteiger partial charge in [0.1, 0.15) is 18.2 Å². The van der Waals surface area contributed by atoms with Crippen LogP contribution >= 0.6 is 0 Å². The fourth-order valence-electron chi connectivity index (χ4n) is 3.29. The molecule has 0 bridgehead atoms. The van der Waals surface area contributed by atoms with E-state index in [0.717, 1.165) is 17.8 Å². The van der Waals surface area contributed by atoms with Gasteiger partial charge in [-0.3, -0.25) is 0 Å². The van der Waals surface area contributed by atoms with Gasteiger partial charge in [-0.2, -0.15) is 0 Å². The third-order valence-corrected chi connectivity index (χ3v) is 4.93. The summed E-state index contributed by atoms with van der Waals surface area (Å²) in [5, 5.41) is 0. The number of fused-ring (bicyclic) bond motifs is 1. The Morgan fingerprint density at radius 1 is 1.04 bits per heavy atom. The van der Waals surface area contributed by atoms with Crippen molar-refractivity contribution < 1.29 is 4.74 Å². The van der Waals surface area contributed by atoms with E-state index in [2.05, 4.69) is 73.9 Å². The fraction of sp³-hybridized carbons (Fsp3) is 0.409. The monoisotopic (exact) mass is 334 g/mol. The van der Waals surface area contributed by atoms with Crippen LogP contribution in [0.25, 0.3) is 11.0 Å². The molecule has 0 unspecified atom stereocenters. The zero-order chi connectivity index (χ0) is 17.4. The minimum Gasteiger partial charge on any atom is -0.492 e. The SMILES string of the molecule is CC(C)(C)c1ccc(OCCn2c(C3CC3)nc3ccccc32)cc1. The summed E-state index contributed by atoms with van der Waals surface area (Å²) in [5.74, 6) is 2.80. The topological polar surface area (TPSA) is 27.1 Å². The highest BCUT2D eigenvalue weighted by Crippen LogP contribution is 2.40. The molecule has 1 saturated carbocycles. The first-order valence-electron chi connectivity index (χ1n) is 9.21. The Balaban J connectivity index is 1.47. The molecule has 1 aromatic heterocycles. The van der Waals surface area contributed by atoms with Gasteiger partial charge in [0, 0.05) is 5.92 Å². The number of rotatable bonds is 5. The van der Waals surface area contributed by atoms with Gasteiger partial charge in [-0.15, -0.1) is 0 Å². The zero-order valence-corrected chi connectivity index (χ0v) is 15.3. The van der Waals surface area contributed by atoms with Crippen LogP contribution in [-0.2, 0) is 12.0 Å². The normalized spacial score (nSPS) is 14.8. The number of nitrogens with zero attached hydrogens (tertiary/aromatic N) is 2. The molecule has 0 N–H and O–H groups in total. The summed E-state index contributed by atoms with van der Waals surface area (Å²) < 4.78 is 8.35. The van der Waals surface area contributed by atoms with Gasteiger partial charge in [0.15, 0.2) is 0 Å². The molecule has 1 heterocycles. The lowest BCUT2D eigenvalue weighted by Crippen LogP contribution is -2.12. The van der Waals surface area contributed by atoms with Crippen molar-refractivity contribution in [3.8, 4) is 5.75 Å². The van der Waals surface area contributed by atoms with Gasteiger partial charge in [0.25, 0.3) is 0 Å². The summed E-state index contributed by atoms with van der Waals surface area (Å²) in [4.78, 5) is 4.85. The van der Waals surface area contributed by atoms with Crippen molar-refractivity contribution in [1.82, 2.24) is 9.55 Å². The van der Waals surface area contributed by atoms with Gasteiger partial charge in [-0.1, -0.05) is 45.0 Å². The first-order valence-corrected chi connectivity index (χ1v) is 9.21. The molecular formula is C22H26N2O. The van der Waals surface area contributed by atoms with Crippen molar-refractivity contribution in [2.45, 2.75) is 51.5 Å². The molecule has 0 amide bonds. The molecule has 0 aliphatic heterocycles. The summed E-state index contributed by atoms with van der Waals surface area (Å²) in [6, 6.07) is 16.9. The van der Waals surface area contributed by atoms with Gasteiger partial charge in [-0.25, -0.2) is 4.98 Å². The lowest BCUT2D eigenvalue weighted by Gasteiger charge is -2.19. The highest BCUT2D eigenvalue weighted by molar-refractivity contribution is 5.76. The first-order chi connectivity index (χ1) is 12.0. The number of benzene rings is 2. The second-order valence-electron chi connectivity index (χ2n) is 8.01. The highest BCUT2D eigenvalue weighted by Gasteiger charge is 2.29. The second kappa shape index (κ2) is 6.21. The zero-order valence-electron chi connectivity index (χ0n) is 15.3. The predicted molar refractivity (Wildman–Crippen MR) is 102 cm³/mol. The highest BCUT2D eigenvalue weighted by atomic mass is 16.5. The van der Waals surface area contributed by atoms with E-state index in [9.17, 15) is 0 Å². The van der Waals surface area contributed by atoms with Crippen LogP contribution in [0.15, 0.2) is 48.5 Å². The van der Waals surface area contributed by atoms with E-state index in [4.69, 9.17) is 9.72 Å². The quantitative estimate of drug-likeness (QED) is 0.634. The van der Waals surface area contributed by atoms with E-state index in [1.165, 1.54) is 29.7 Å². The van der Waals surface area contributed by atoms with Gasteiger partial charge in [0.05, 0.1) is 17.6 Å². The van der Waals surface area contributed by atoms with Crippen molar-refractivity contribution in [3.05, 3.63) is 59.9 Å². The van der Waals surface area contributed by atoms with Crippen molar-refractivity contribution in [2.24, 2.45) is 0 Å². The van der Waals surface area contributed by atoms with E-state index in [1.807, 2.05) is 0 Å². The molecule has 0 radical (unpaired) electrons. The molecule has 0 spiro atoms. The molecule has 3 aromatic rings. The molecule has 1 aliphatic carbocycles. The number of aromatic nitrogens is 2. The molecule has 1 fully saturated rings. The molecule has 0 saturated heterocycles. The second-order valence-corrected chi connectivity index (χ2v) is 8.01. The van der Waals surface area contributed by atoms with E-state index in [1.54, 1.807) is 0 Å². The third kappa shape index (κ3) is 3.41. The van der Waals surface area contributed by atoms with E-state index in [-0.39, 0.29) is 5.41 Å². The van der Waals surface area contributed by atoms with Crippen molar-refractivity contribution in [2.75, 3.05) is 6.61 Å². The van der Waals surface area contributed by atoms with Crippen LogP contribution in [0.3, 0.4) is 0 Å². The lowest BCUT2D eigenvalue weighted by molar-refractivity contribution is 0.298. The van der Waals surface area contributed by atoms with Crippen LogP contribution < -0.4 is 4.74 Å². The smallest absolute Gasteiger partial charge is 0.119 e. The van der Waals surface area contributed by atoms with Crippen molar-refractivity contribution >= 4 is 11.0 Å². The Morgan fingerprint density at radius 3 is 2.44 bits per heavy atom. The van der Waals surface area contributed by atoms with Gasteiger partial charge >= 0.3 is 0 Å². The average molecular weight is 334 g/mol. The molecule has 3 heteroatoms. The van der Waals surface area contributed by atoms with Gasteiger partial charge < -0.3 is 9.30 Å². The molecular weight excluding hydrogens is 308 g/mol. The minimum atomic E-state index is 0.174. The standard InChI is InChI=1S/C22H26N2O/c1-22(2,3)17-10-12-18(13-11-17)25-15-14-24-20-7-5-4-6-19(20)23-21(24)16-8-9-16/h4-7,10-13,16H,8-9,14-15H2,1-3H3. The number of ether oxygens (including phenoxy) is 1. The van der Waals surface area contributed by atoms with Crippen LogP contribution in [0, 0.1) is 0 Å². The maximum atomic E-state index is 6.00. The summed E-state index contributed by atoms with van der Waals surface area (Å²) in [7, 11) is 0.